The lowest BCUT2D eigenvalue weighted by Gasteiger charge is -2.24. The van der Waals surface area contributed by atoms with Crippen molar-refractivity contribution in [3.8, 4) is 0 Å². The van der Waals surface area contributed by atoms with Gasteiger partial charge in [0.05, 0.1) is 0 Å². The van der Waals surface area contributed by atoms with Gasteiger partial charge in [-0.3, -0.25) is 0 Å². The van der Waals surface area contributed by atoms with Crippen molar-refractivity contribution in [1.82, 2.24) is 15.1 Å². The van der Waals surface area contributed by atoms with Crippen molar-refractivity contribution in [2.24, 2.45) is 5.92 Å². The number of hydrogen-bond donors (Lipinski definition) is 1. The molecule has 1 saturated heterocycles. The number of likely N-dealkylation sites (N-methyl/N-ethyl adjacent to an activating group) is 1. The molecule has 2 atom stereocenters. The second-order valence-electron chi connectivity index (χ2n) is 5.49. The van der Waals surface area contributed by atoms with Crippen LogP contribution in [0.4, 0.5) is 0 Å². The van der Waals surface area contributed by atoms with E-state index in [9.17, 15) is 0 Å². The third-order valence-electron chi connectivity index (χ3n) is 3.39. The van der Waals surface area contributed by atoms with E-state index in [2.05, 4.69) is 43.1 Å². The van der Waals surface area contributed by atoms with Crippen molar-refractivity contribution in [1.29, 1.82) is 0 Å². The van der Waals surface area contributed by atoms with Crippen LogP contribution in [0, 0.1) is 5.92 Å². The molecule has 96 valence electrons. The molecule has 16 heavy (non-hydrogen) atoms. The van der Waals surface area contributed by atoms with Crippen LogP contribution in [0.15, 0.2) is 0 Å². The van der Waals surface area contributed by atoms with Gasteiger partial charge in [0.25, 0.3) is 0 Å². The SMILES string of the molecule is CCCNC(C)CN(C)CC1CCN(C)C1. The van der Waals surface area contributed by atoms with Crippen LogP contribution in [0.25, 0.3) is 0 Å². The van der Waals surface area contributed by atoms with E-state index in [-0.39, 0.29) is 0 Å². The Morgan fingerprint density at radius 2 is 2.25 bits per heavy atom. The van der Waals surface area contributed by atoms with Gasteiger partial charge >= 0.3 is 0 Å². The summed E-state index contributed by atoms with van der Waals surface area (Å²) in [7, 11) is 4.48. The number of nitrogens with zero attached hydrogens (tertiary/aromatic N) is 2. The van der Waals surface area contributed by atoms with E-state index in [4.69, 9.17) is 0 Å². The molecule has 1 rings (SSSR count). The fourth-order valence-electron chi connectivity index (χ4n) is 2.61. The van der Waals surface area contributed by atoms with Crippen molar-refractivity contribution >= 4 is 0 Å². The molecule has 2 unspecified atom stereocenters. The Labute approximate surface area is 101 Å². The topological polar surface area (TPSA) is 18.5 Å². The first-order chi connectivity index (χ1) is 7.61. The molecule has 0 aromatic carbocycles. The Hall–Kier alpha value is -0.120. The van der Waals surface area contributed by atoms with Gasteiger partial charge in [-0.05, 0) is 52.9 Å². The van der Waals surface area contributed by atoms with Crippen molar-refractivity contribution in [3.63, 3.8) is 0 Å². The van der Waals surface area contributed by atoms with Crippen molar-refractivity contribution in [3.05, 3.63) is 0 Å². The van der Waals surface area contributed by atoms with Gasteiger partial charge in [-0.25, -0.2) is 0 Å². The molecule has 1 aliphatic heterocycles. The smallest absolute Gasteiger partial charge is 0.0166 e. The molecular weight excluding hydrogens is 198 g/mol. The van der Waals surface area contributed by atoms with E-state index in [1.54, 1.807) is 0 Å². The highest BCUT2D eigenvalue weighted by Gasteiger charge is 2.20. The van der Waals surface area contributed by atoms with Crippen LogP contribution >= 0.6 is 0 Å². The summed E-state index contributed by atoms with van der Waals surface area (Å²) in [6.45, 7) is 10.6. The summed E-state index contributed by atoms with van der Waals surface area (Å²) in [5, 5.41) is 3.54. The minimum absolute atomic E-state index is 0.615. The highest BCUT2D eigenvalue weighted by molar-refractivity contribution is 4.76. The first-order valence-electron chi connectivity index (χ1n) is 6.72. The molecular formula is C13H29N3. The summed E-state index contributed by atoms with van der Waals surface area (Å²) < 4.78 is 0. The van der Waals surface area contributed by atoms with Crippen LogP contribution in [0.1, 0.15) is 26.7 Å². The standard InChI is InChI=1S/C13H29N3/c1-5-7-14-12(2)9-16(4)11-13-6-8-15(3)10-13/h12-14H,5-11H2,1-4H3. The molecule has 0 spiro atoms. The summed E-state index contributed by atoms with van der Waals surface area (Å²) in [5.74, 6) is 0.883. The molecule has 3 nitrogen and oxygen atoms in total. The molecule has 0 aromatic rings. The minimum Gasteiger partial charge on any atom is -0.313 e. The first-order valence-corrected chi connectivity index (χ1v) is 6.72. The fourth-order valence-corrected chi connectivity index (χ4v) is 2.61. The highest BCUT2D eigenvalue weighted by atomic mass is 15.2. The van der Waals surface area contributed by atoms with Crippen molar-refractivity contribution < 1.29 is 0 Å². The van der Waals surface area contributed by atoms with E-state index in [0.717, 1.165) is 12.5 Å². The van der Waals surface area contributed by atoms with E-state index >= 15 is 0 Å². The molecule has 3 heteroatoms. The Morgan fingerprint density at radius 3 is 2.81 bits per heavy atom. The molecule has 1 fully saturated rings. The summed E-state index contributed by atoms with van der Waals surface area (Å²) in [6.07, 6.45) is 2.60. The first kappa shape index (κ1) is 13.9. The van der Waals surface area contributed by atoms with Gasteiger partial charge in [-0.2, -0.15) is 0 Å². The molecule has 0 saturated carbocycles. The van der Waals surface area contributed by atoms with E-state index in [1.807, 2.05) is 0 Å². The van der Waals surface area contributed by atoms with Gasteiger partial charge in [-0.15, -0.1) is 0 Å². The number of rotatable bonds is 7. The minimum atomic E-state index is 0.615. The molecule has 0 aliphatic carbocycles. The van der Waals surface area contributed by atoms with E-state index in [1.165, 1.54) is 39.0 Å². The third-order valence-corrected chi connectivity index (χ3v) is 3.39. The van der Waals surface area contributed by atoms with Crippen molar-refractivity contribution in [2.45, 2.75) is 32.7 Å². The van der Waals surface area contributed by atoms with Crippen LogP contribution in [0.2, 0.25) is 0 Å². The summed E-state index contributed by atoms with van der Waals surface area (Å²) in [4.78, 5) is 4.93. The van der Waals surface area contributed by atoms with Gasteiger partial charge in [0.15, 0.2) is 0 Å². The van der Waals surface area contributed by atoms with Gasteiger partial charge in [0.1, 0.15) is 0 Å². The largest absolute Gasteiger partial charge is 0.313 e. The molecule has 1 heterocycles. The summed E-state index contributed by atoms with van der Waals surface area (Å²) >= 11 is 0. The predicted molar refractivity (Wildman–Crippen MR) is 70.9 cm³/mol. The zero-order valence-electron chi connectivity index (χ0n) is 11.5. The average Bonchev–Trinajstić information content (AvgIpc) is 2.60. The Kier molecular flexibility index (Phi) is 6.32. The van der Waals surface area contributed by atoms with Gasteiger partial charge in [0, 0.05) is 25.7 Å². The quantitative estimate of drug-likeness (QED) is 0.706. The number of nitrogens with one attached hydrogen (secondary N) is 1. The number of likely N-dealkylation sites (tertiary alicyclic amines) is 1. The predicted octanol–water partition coefficient (Wildman–Crippen LogP) is 1.26. The van der Waals surface area contributed by atoms with E-state index < -0.39 is 0 Å². The van der Waals surface area contributed by atoms with Crippen LogP contribution in [0.5, 0.6) is 0 Å². The number of hydrogen-bond acceptors (Lipinski definition) is 3. The van der Waals surface area contributed by atoms with Crippen LogP contribution < -0.4 is 5.32 Å². The maximum atomic E-state index is 3.54. The molecule has 0 aromatic heterocycles. The molecule has 1 N–H and O–H groups in total. The van der Waals surface area contributed by atoms with Gasteiger partial charge in [0.2, 0.25) is 0 Å². The highest BCUT2D eigenvalue weighted by Crippen LogP contribution is 2.14. The third kappa shape index (κ3) is 5.28. The Balaban J connectivity index is 2.12. The van der Waals surface area contributed by atoms with Crippen LogP contribution in [-0.4, -0.2) is 62.7 Å². The molecule has 0 amide bonds. The maximum Gasteiger partial charge on any atom is 0.0166 e. The monoisotopic (exact) mass is 227 g/mol. The average molecular weight is 227 g/mol. The van der Waals surface area contributed by atoms with Crippen molar-refractivity contribution in [2.75, 3.05) is 46.8 Å². The van der Waals surface area contributed by atoms with Gasteiger partial charge < -0.3 is 15.1 Å². The Bertz CT molecular complexity index is 184. The molecule has 0 radical (unpaired) electrons. The molecule has 1 aliphatic rings. The lowest BCUT2D eigenvalue weighted by molar-refractivity contribution is 0.251. The Morgan fingerprint density at radius 1 is 1.50 bits per heavy atom. The second-order valence-corrected chi connectivity index (χ2v) is 5.49. The lowest BCUT2D eigenvalue weighted by atomic mass is 10.1. The summed E-state index contributed by atoms with van der Waals surface area (Å²) in [5.41, 5.74) is 0. The van der Waals surface area contributed by atoms with Crippen LogP contribution in [0.3, 0.4) is 0 Å². The van der Waals surface area contributed by atoms with E-state index in [0.29, 0.717) is 6.04 Å². The molecule has 0 bridgehead atoms. The van der Waals surface area contributed by atoms with Gasteiger partial charge in [-0.1, -0.05) is 6.92 Å². The summed E-state index contributed by atoms with van der Waals surface area (Å²) in [6, 6.07) is 0.615. The second kappa shape index (κ2) is 7.25. The zero-order valence-corrected chi connectivity index (χ0v) is 11.5. The lowest BCUT2D eigenvalue weighted by Crippen LogP contribution is -2.39. The zero-order chi connectivity index (χ0) is 12.0. The maximum absolute atomic E-state index is 3.54. The normalized spacial score (nSPS) is 24.2. The van der Waals surface area contributed by atoms with Crippen LogP contribution in [-0.2, 0) is 0 Å². The fraction of sp³-hybridized carbons (Fsp3) is 1.00.